The second-order valence-corrected chi connectivity index (χ2v) is 4.95. The number of amides is 1. The Bertz CT molecular complexity index is 230. The highest BCUT2D eigenvalue weighted by atomic mass is 16.1. The molecule has 2 bridgehead atoms. The van der Waals surface area contributed by atoms with Crippen LogP contribution in [-0.2, 0) is 4.79 Å². The zero-order chi connectivity index (χ0) is 10.7. The first-order valence-corrected chi connectivity index (χ1v) is 6.29. The quantitative estimate of drug-likeness (QED) is 0.671. The van der Waals surface area contributed by atoms with Crippen LogP contribution in [0.25, 0.3) is 0 Å². The monoisotopic (exact) mass is 210 g/mol. The summed E-state index contributed by atoms with van der Waals surface area (Å²) in [4.78, 5) is 11.6. The average Bonchev–Trinajstić information content (AvgIpc) is 2.79. The number of nitrogens with one attached hydrogen (secondary N) is 2. The molecule has 0 radical (unpaired) electrons. The predicted octanol–water partition coefficient (Wildman–Crippen LogP) is 1.29. The first-order chi connectivity index (χ1) is 7.29. The van der Waals surface area contributed by atoms with Crippen LogP contribution in [0.5, 0.6) is 0 Å². The van der Waals surface area contributed by atoms with Crippen molar-refractivity contribution >= 4 is 5.91 Å². The van der Waals surface area contributed by atoms with Crippen LogP contribution in [0.15, 0.2) is 0 Å². The fourth-order valence-electron chi connectivity index (χ4n) is 3.08. The van der Waals surface area contributed by atoms with Gasteiger partial charge in [-0.15, -0.1) is 0 Å². The van der Waals surface area contributed by atoms with Crippen LogP contribution < -0.4 is 10.6 Å². The lowest BCUT2D eigenvalue weighted by molar-refractivity contribution is -0.122. The second-order valence-electron chi connectivity index (χ2n) is 4.95. The summed E-state index contributed by atoms with van der Waals surface area (Å²) in [6.07, 6.45) is 5.95. The summed E-state index contributed by atoms with van der Waals surface area (Å²) in [6, 6.07) is 0.498. The standard InChI is InChI=1S/C12H22N2O/c1-2-13-6-5-12(15)14-11-8-9-3-4-10(11)7-9/h9-11,13H,2-8H2,1H3,(H,14,15). The van der Waals surface area contributed by atoms with E-state index in [-0.39, 0.29) is 5.91 Å². The van der Waals surface area contributed by atoms with E-state index in [0.29, 0.717) is 12.5 Å². The summed E-state index contributed by atoms with van der Waals surface area (Å²) < 4.78 is 0. The topological polar surface area (TPSA) is 41.1 Å². The van der Waals surface area contributed by atoms with Crippen molar-refractivity contribution in [2.75, 3.05) is 13.1 Å². The van der Waals surface area contributed by atoms with Gasteiger partial charge in [0.2, 0.25) is 5.91 Å². The van der Waals surface area contributed by atoms with Gasteiger partial charge in [-0.2, -0.15) is 0 Å². The van der Waals surface area contributed by atoms with Gasteiger partial charge in [-0.05, 0) is 37.6 Å². The number of carbonyl (C=O) groups excluding carboxylic acids is 1. The van der Waals surface area contributed by atoms with Crippen LogP contribution in [0.4, 0.5) is 0 Å². The molecule has 3 nitrogen and oxygen atoms in total. The van der Waals surface area contributed by atoms with Gasteiger partial charge < -0.3 is 10.6 Å². The summed E-state index contributed by atoms with van der Waals surface area (Å²) in [5, 5.41) is 6.37. The van der Waals surface area contributed by atoms with Crippen LogP contribution in [0.3, 0.4) is 0 Å². The Labute approximate surface area is 92.0 Å². The summed E-state index contributed by atoms with van der Waals surface area (Å²) in [6.45, 7) is 3.82. The maximum atomic E-state index is 11.6. The molecule has 0 aromatic heterocycles. The van der Waals surface area contributed by atoms with Crippen molar-refractivity contribution in [3.05, 3.63) is 0 Å². The normalized spacial score (nSPS) is 33.3. The number of hydrogen-bond acceptors (Lipinski definition) is 2. The zero-order valence-corrected chi connectivity index (χ0v) is 9.59. The molecular formula is C12H22N2O. The highest BCUT2D eigenvalue weighted by Gasteiger charge is 2.39. The summed E-state index contributed by atoms with van der Waals surface area (Å²) in [7, 11) is 0. The molecule has 0 spiro atoms. The molecule has 0 aliphatic heterocycles. The molecule has 2 fully saturated rings. The third-order valence-corrected chi connectivity index (χ3v) is 3.86. The second kappa shape index (κ2) is 4.97. The lowest BCUT2D eigenvalue weighted by Gasteiger charge is -2.22. The van der Waals surface area contributed by atoms with E-state index in [1.165, 1.54) is 25.7 Å². The molecule has 2 saturated carbocycles. The largest absolute Gasteiger partial charge is 0.353 e. The Kier molecular flexibility index (Phi) is 3.62. The van der Waals surface area contributed by atoms with E-state index in [1.807, 2.05) is 0 Å². The van der Waals surface area contributed by atoms with E-state index in [1.54, 1.807) is 0 Å². The minimum atomic E-state index is 0.230. The Morgan fingerprint density at radius 2 is 2.20 bits per heavy atom. The van der Waals surface area contributed by atoms with Gasteiger partial charge in [0.1, 0.15) is 0 Å². The number of hydrogen-bond donors (Lipinski definition) is 2. The third-order valence-electron chi connectivity index (χ3n) is 3.86. The SMILES string of the molecule is CCNCCC(=O)NC1CC2CCC1C2. The molecule has 1 amide bonds. The van der Waals surface area contributed by atoms with Gasteiger partial charge in [-0.25, -0.2) is 0 Å². The van der Waals surface area contributed by atoms with Crippen LogP contribution in [-0.4, -0.2) is 25.0 Å². The Balaban J connectivity index is 1.66. The fraction of sp³-hybridized carbons (Fsp3) is 0.917. The lowest BCUT2D eigenvalue weighted by Crippen LogP contribution is -2.39. The van der Waals surface area contributed by atoms with Gasteiger partial charge in [0, 0.05) is 19.0 Å². The van der Waals surface area contributed by atoms with Crippen molar-refractivity contribution in [1.82, 2.24) is 10.6 Å². The van der Waals surface area contributed by atoms with Crippen molar-refractivity contribution in [1.29, 1.82) is 0 Å². The zero-order valence-electron chi connectivity index (χ0n) is 9.59. The molecule has 0 aromatic rings. The molecule has 3 atom stereocenters. The van der Waals surface area contributed by atoms with Crippen LogP contribution in [0.1, 0.15) is 39.0 Å². The maximum absolute atomic E-state index is 11.6. The molecular weight excluding hydrogens is 188 g/mol. The average molecular weight is 210 g/mol. The first-order valence-electron chi connectivity index (χ1n) is 6.29. The van der Waals surface area contributed by atoms with Crippen LogP contribution in [0.2, 0.25) is 0 Å². The number of fused-ring (bicyclic) bond motifs is 2. The Morgan fingerprint density at radius 3 is 2.80 bits per heavy atom. The Hall–Kier alpha value is -0.570. The first kappa shape index (κ1) is 10.9. The molecule has 0 heterocycles. The van der Waals surface area contributed by atoms with Gasteiger partial charge in [0.25, 0.3) is 0 Å². The maximum Gasteiger partial charge on any atom is 0.221 e. The van der Waals surface area contributed by atoms with E-state index in [0.717, 1.165) is 24.9 Å². The van der Waals surface area contributed by atoms with Gasteiger partial charge in [0.05, 0.1) is 0 Å². The van der Waals surface area contributed by atoms with Crippen molar-refractivity contribution in [3.63, 3.8) is 0 Å². The van der Waals surface area contributed by atoms with Gasteiger partial charge >= 0.3 is 0 Å². The van der Waals surface area contributed by atoms with E-state index in [9.17, 15) is 4.79 Å². The number of rotatable bonds is 5. The fourth-order valence-corrected chi connectivity index (χ4v) is 3.08. The third kappa shape index (κ3) is 2.71. The van der Waals surface area contributed by atoms with E-state index < -0.39 is 0 Å². The molecule has 3 heteroatoms. The highest BCUT2D eigenvalue weighted by Crippen LogP contribution is 2.44. The molecule has 2 aliphatic carbocycles. The van der Waals surface area contributed by atoms with Crippen molar-refractivity contribution in [2.45, 2.75) is 45.1 Å². The van der Waals surface area contributed by atoms with Crippen molar-refractivity contribution in [2.24, 2.45) is 11.8 Å². The van der Waals surface area contributed by atoms with Gasteiger partial charge in [-0.1, -0.05) is 13.3 Å². The molecule has 86 valence electrons. The predicted molar refractivity (Wildman–Crippen MR) is 60.5 cm³/mol. The minimum absolute atomic E-state index is 0.230. The minimum Gasteiger partial charge on any atom is -0.353 e. The molecule has 2 N–H and O–H groups in total. The van der Waals surface area contributed by atoms with E-state index >= 15 is 0 Å². The molecule has 2 aliphatic rings. The van der Waals surface area contributed by atoms with Crippen LogP contribution >= 0.6 is 0 Å². The summed E-state index contributed by atoms with van der Waals surface area (Å²) in [5.74, 6) is 1.93. The molecule has 0 saturated heterocycles. The molecule has 2 rings (SSSR count). The Morgan fingerprint density at radius 1 is 1.33 bits per heavy atom. The molecule has 3 unspecified atom stereocenters. The van der Waals surface area contributed by atoms with Crippen molar-refractivity contribution < 1.29 is 4.79 Å². The van der Waals surface area contributed by atoms with Gasteiger partial charge in [0.15, 0.2) is 0 Å². The number of carbonyl (C=O) groups is 1. The van der Waals surface area contributed by atoms with E-state index in [4.69, 9.17) is 0 Å². The van der Waals surface area contributed by atoms with Crippen molar-refractivity contribution in [3.8, 4) is 0 Å². The summed E-state index contributed by atoms with van der Waals surface area (Å²) in [5.41, 5.74) is 0. The summed E-state index contributed by atoms with van der Waals surface area (Å²) >= 11 is 0. The lowest BCUT2D eigenvalue weighted by atomic mass is 9.95. The van der Waals surface area contributed by atoms with E-state index in [2.05, 4.69) is 17.6 Å². The molecule has 15 heavy (non-hydrogen) atoms. The van der Waals surface area contributed by atoms with Gasteiger partial charge in [-0.3, -0.25) is 4.79 Å². The smallest absolute Gasteiger partial charge is 0.221 e. The highest BCUT2D eigenvalue weighted by molar-refractivity contribution is 5.76. The molecule has 0 aromatic carbocycles. The van der Waals surface area contributed by atoms with Crippen LogP contribution in [0, 0.1) is 11.8 Å².